The topological polar surface area (TPSA) is 42.2 Å². The van der Waals surface area contributed by atoms with Crippen molar-refractivity contribution in [2.24, 2.45) is 11.3 Å². The van der Waals surface area contributed by atoms with Gasteiger partial charge in [-0.3, -0.25) is 0 Å². The molecule has 1 aliphatic heterocycles. The van der Waals surface area contributed by atoms with E-state index in [9.17, 15) is 5.26 Å². The summed E-state index contributed by atoms with van der Waals surface area (Å²) in [5.74, 6) is 1.12. The van der Waals surface area contributed by atoms with Crippen LogP contribution in [0.4, 0.5) is 0 Å². The molecular weight excluding hydrogens is 418 g/mol. The normalized spacial score (nSPS) is 27.3. The molecule has 3 nitrogen and oxygen atoms in total. The maximum Gasteiger partial charge on any atom is 0.183 e. The van der Waals surface area contributed by atoms with Gasteiger partial charge in [-0.1, -0.05) is 88.1 Å². The maximum absolute atomic E-state index is 9.77. The van der Waals surface area contributed by atoms with E-state index < -0.39 is 0 Å². The third-order valence-electron chi connectivity index (χ3n) is 8.02. The van der Waals surface area contributed by atoms with E-state index in [1.807, 2.05) is 0 Å². The van der Waals surface area contributed by atoms with E-state index in [1.54, 1.807) is 0 Å². The molecule has 2 aliphatic rings. The molecular formula is C31H41NO2. The monoisotopic (exact) mass is 459 g/mol. The summed E-state index contributed by atoms with van der Waals surface area (Å²) in [6, 6.07) is 20.4. The molecule has 182 valence electrons. The lowest BCUT2D eigenvalue weighted by Gasteiger charge is -2.35. The van der Waals surface area contributed by atoms with Crippen molar-refractivity contribution in [3.63, 3.8) is 0 Å². The third kappa shape index (κ3) is 6.09. The van der Waals surface area contributed by atoms with Gasteiger partial charge in [0.15, 0.2) is 6.29 Å². The number of hydrogen-bond acceptors (Lipinski definition) is 3. The summed E-state index contributed by atoms with van der Waals surface area (Å²) in [7, 11) is 0. The molecule has 0 amide bonds. The average molecular weight is 460 g/mol. The first-order valence-corrected chi connectivity index (χ1v) is 13.5. The number of benzene rings is 2. The van der Waals surface area contributed by atoms with Crippen LogP contribution in [0.1, 0.15) is 101 Å². The van der Waals surface area contributed by atoms with Crippen LogP contribution in [0.5, 0.6) is 0 Å². The van der Waals surface area contributed by atoms with E-state index in [0.717, 1.165) is 50.9 Å². The van der Waals surface area contributed by atoms with E-state index in [4.69, 9.17) is 9.47 Å². The molecule has 0 unspecified atom stereocenters. The van der Waals surface area contributed by atoms with Gasteiger partial charge >= 0.3 is 0 Å². The molecule has 2 aromatic carbocycles. The molecule has 3 heteroatoms. The van der Waals surface area contributed by atoms with Gasteiger partial charge in [0.1, 0.15) is 0 Å². The first-order chi connectivity index (χ1) is 16.7. The summed E-state index contributed by atoms with van der Waals surface area (Å²) in [5, 5.41) is 9.77. The van der Waals surface area contributed by atoms with Crippen molar-refractivity contribution >= 4 is 0 Å². The lowest BCUT2D eigenvalue weighted by Crippen LogP contribution is -2.27. The number of unbranched alkanes of at least 4 members (excludes halogenated alkanes) is 2. The van der Waals surface area contributed by atoms with Crippen molar-refractivity contribution in [1.29, 1.82) is 5.26 Å². The molecule has 2 aromatic rings. The summed E-state index contributed by atoms with van der Waals surface area (Å²) in [6.07, 6.45) is 11.2. The van der Waals surface area contributed by atoms with Gasteiger partial charge in [-0.2, -0.15) is 5.26 Å². The zero-order chi connectivity index (χ0) is 23.8. The van der Waals surface area contributed by atoms with Crippen LogP contribution in [-0.2, 0) is 9.47 Å². The Morgan fingerprint density at radius 3 is 1.91 bits per heavy atom. The standard InChI is InChI=1S/C31H41NO2/c1-3-5-7-24-21-33-30(34-22-24)29-14-12-26(13-15-29)25-8-10-27(11-9-25)28-16-19-31(23-32,20-17-28)18-6-4-2/h8-15,24,28,30H,3-7,16-22H2,1-2H3. The van der Waals surface area contributed by atoms with Gasteiger partial charge in [-0.15, -0.1) is 0 Å². The minimum Gasteiger partial charge on any atom is -0.348 e. The third-order valence-corrected chi connectivity index (χ3v) is 8.02. The smallest absolute Gasteiger partial charge is 0.183 e. The number of rotatable bonds is 9. The van der Waals surface area contributed by atoms with Gasteiger partial charge in [-0.05, 0) is 61.1 Å². The SMILES string of the molecule is CCCCC1COC(c2ccc(-c3ccc(C4CCC(C#N)(CCCC)CC4)cc3)cc2)OC1. The highest BCUT2D eigenvalue weighted by Crippen LogP contribution is 2.45. The van der Waals surface area contributed by atoms with E-state index >= 15 is 0 Å². The zero-order valence-electron chi connectivity index (χ0n) is 21.1. The van der Waals surface area contributed by atoms with Crippen LogP contribution in [0.2, 0.25) is 0 Å². The quantitative estimate of drug-likeness (QED) is 0.377. The fourth-order valence-corrected chi connectivity index (χ4v) is 5.61. The van der Waals surface area contributed by atoms with Crippen molar-refractivity contribution in [2.75, 3.05) is 13.2 Å². The Labute approximate surface area is 206 Å². The van der Waals surface area contributed by atoms with Crippen LogP contribution in [0, 0.1) is 22.7 Å². The summed E-state index contributed by atoms with van der Waals surface area (Å²) >= 11 is 0. The molecule has 0 spiro atoms. The van der Waals surface area contributed by atoms with E-state index in [1.165, 1.54) is 48.8 Å². The van der Waals surface area contributed by atoms with Crippen molar-refractivity contribution in [3.05, 3.63) is 59.7 Å². The van der Waals surface area contributed by atoms with Gasteiger partial charge < -0.3 is 9.47 Å². The van der Waals surface area contributed by atoms with Crippen LogP contribution in [0.25, 0.3) is 11.1 Å². The fourth-order valence-electron chi connectivity index (χ4n) is 5.61. The predicted molar refractivity (Wildman–Crippen MR) is 138 cm³/mol. The largest absolute Gasteiger partial charge is 0.348 e. The van der Waals surface area contributed by atoms with Crippen LogP contribution >= 0.6 is 0 Å². The molecule has 1 aliphatic carbocycles. The van der Waals surface area contributed by atoms with E-state index in [2.05, 4.69) is 68.4 Å². The van der Waals surface area contributed by atoms with Gasteiger partial charge in [0.25, 0.3) is 0 Å². The Hall–Kier alpha value is -2.15. The molecule has 0 atom stereocenters. The molecule has 4 rings (SSSR count). The Kier molecular flexibility index (Phi) is 8.81. The molecule has 1 heterocycles. The highest BCUT2D eigenvalue weighted by atomic mass is 16.7. The summed E-state index contributed by atoms with van der Waals surface area (Å²) in [6.45, 7) is 6.03. The van der Waals surface area contributed by atoms with Crippen molar-refractivity contribution < 1.29 is 9.47 Å². The minimum atomic E-state index is -0.238. The van der Waals surface area contributed by atoms with Crippen LogP contribution in [-0.4, -0.2) is 13.2 Å². The van der Waals surface area contributed by atoms with Gasteiger partial charge in [0, 0.05) is 11.5 Å². The second kappa shape index (κ2) is 12.0. The van der Waals surface area contributed by atoms with Gasteiger partial charge in [0.2, 0.25) is 0 Å². The molecule has 2 fully saturated rings. The number of hydrogen-bond donors (Lipinski definition) is 0. The highest BCUT2D eigenvalue weighted by Gasteiger charge is 2.35. The summed E-state index contributed by atoms with van der Waals surface area (Å²) < 4.78 is 12.0. The first kappa shape index (κ1) is 25.0. The van der Waals surface area contributed by atoms with Crippen molar-refractivity contribution in [3.8, 4) is 17.2 Å². The van der Waals surface area contributed by atoms with Crippen LogP contribution in [0.3, 0.4) is 0 Å². The van der Waals surface area contributed by atoms with Gasteiger partial charge in [0.05, 0.1) is 24.7 Å². The number of nitrogens with zero attached hydrogens (tertiary/aromatic N) is 1. The Balaban J connectivity index is 1.32. The Morgan fingerprint density at radius 2 is 1.38 bits per heavy atom. The molecule has 1 saturated heterocycles. The second-order valence-corrected chi connectivity index (χ2v) is 10.5. The lowest BCUT2D eigenvalue weighted by atomic mass is 9.67. The fraction of sp³-hybridized carbons (Fsp3) is 0.581. The van der Waals surface area contributed by atoms with Crippen LogP contribution < -0.4 is 0 Å². The Morgan fingerprint density at radius 1 is 0.824 bits per heavy atom. The van der Waals surface area contributed by atoms with Crippen LogP contribution in [0.15, 0.2) is 48.5 Å². The first-order valence-electron chi connectivity index (χ1n) is 13.5. The minimum absolute atomic E-state index is 0.0730. The zero-order valence-corrected chi connectivity index (χ0v) is 21.1. The lowest BCUT2D eigenvalue weighted by molar-refractivity contribution is -0.206. The van der Waals surface area contributed by atoms with Crippen molar-refractivity contribution in [2.45, 2.75) is 90.3 Å². The molecule has 0 N–H and O–H groups in total. The molecule has 0 aromatic heterocycles. The number of ether oxygens (including phenoxy) is 2. The summed E-state index contributed by atoms with van der Waals surface area (Å²) in [5.41, 5.74) is 4.91. The number of nitriles is 1. The van der Waals surface area contributed by atoms with E-state index in [-0.39, 0.29) is 11.7 Å². The molecule has 34 heavy (non-hydrogen) atoms. The summed E-state index contributed by atoms with van der Waals surface area (Å²) in [4.78, 5) is 0. The average Bonchev–Trinajstić information content (AvgIpc) is 2.91. The molecule has 0 bridgehead atoms. The second-order valence-electron chi connectivity index (χ2n) is 10.5. The maximum atomic E-state index is 9.77. The highest BCUT2D eigenvalue weighted by molar-refractivity contribution is 5.64. The van der Waals surface area contributed by atoms with Crippen molar-refractivity contribution in [1.82, 2.24) is 0 Å². The van der Waals surface area contributed by atoms with E-state index in [0.29, 0.717) is 11.8 Å². The predicted octanol–water partition coefficient (Wildman–Crippen LogP) is 8.56. The molecule has 0 radical (unpaired) electrons. The molecule has 1 saturated carbocycles. The Bertz CT molecular complexity index is 911. The van der Waals surface area contributed by atoms with Gasteiger partial charge in [-0.25, -0.2) is 0 Å².